The summed E-state index contributed by atoms with van der Waals surface area (Å²) in [5.74, 6) is 0. The van der Waals surface area contributed by atoms with Crippen LogP contribution in [0.25, 0.3) is 0 Å². The molecule has 0 aliphatic rings. The Balaban J connectivity index is -0.000000720. The predicted molar refractivity (Wildman–Crippen MR) is 33.7 cm³/mol. The number of rotatable bonds is 0. The first-order chi connectivity index (χ1) is 5.97. The summed E-state index contributed by atoms with van der Waals surface area (Å²) in [6.45, 7) is 0. The first-order valence-electron chi connectivity index (χ1n) is 2.40. The van der Waals surface area contributed by atoms with Gasteiger partial charge in [0.2, 0.25) is 0 Å². The average molecular weight is 294 g/mol. The third-order valence-corrected chi connectivity index (χ3v) is 4.89. The fourth-order valence-corrected chi connectivity index (χ4v) is 1.09. The molecule has 0 N–H and O–H groups in total. The second-order valence-corrected chi connectivity index (χ2v) is 7.42. The number of hydrogen-bond donors (Lipinski definition) is 0. The third kappa shape index (κ3) is 1.86. The maximum atomic E-state index is 8.58. The van der Waals surface area contributed by atoms with Crippen molar-refractivity contribution in [1.82, 2.24) is 0 Å². The molecular weight excluding hydrogens is 294 g/mol. The van der Waals surface area contributed by atoms with Crippen molar-refractivity contribution in [2.75, 3.05) is 0 Å². The van der Waals surface area contributed by atoms with E-state index in [9.17, 15) is 0 Å². The zero-order valence-corrected chi connectivity index (χ0v) is 11.5. The quantitative estimate of drug-likeness (QED) is 0.438. The Morgan fingerprint density at radius 3 is 0.667 bits per heavy atom. The van der Waals surface area contributed by atoms with Gasteiger partial charge in [-0.3, -0.25) is 0 Å². The van der Waals surface area contributed by atoms with Crippen molar-refractivity contribution >= 4 is 0 Å². The van der Waals surface area contributed by atoms with Gasteiger partial charge in [-0.15, -0.1) is 0 Å². The summed E-state index contributed by atoms with van der Waals surface area (Å²) in [6, 6.07) is 0. The van der Waals surface area contributed by atoms with Crippen LogP contribution in [0.3, 0.4) is 0 Å². The molecule has 15 heavy (non-hydrogen) atoms. The molecule has 0 atom stereocenters. The smallest absolute Gasteiger partial charge is 1.00 e. The van der Waals surface area contributed by atoms with Crippen LogP contribution < -0.4 is 29.6 Å². The minimum atomic E-state index is -6.17. The van der Waals surface area contributed by atoms with Gasteiger partial charge in [0.15, 0.2) is 0 Å². The van der Waals surface area contributed by atoms with Gasteiger partial charge in [0.05, 0.1) is 0 Å². The minimum Gasteiger partial charge on any atom is 1.00 e. The van der Waals surface area contributed by atoms with Crippen LogP contribution in [-0.4, -0.2) is 0 Å². The Bertz CT molecular complexity index is 397. The summed E-state index contributed by atoms with van der Waals surface area (Å²) in [5, 5.41) is 51.5. The molecule has 0 heterocycles. The minimum absolute atomic E-state index is 0. The van der Waals surface area contributed by atoms with Crippen molar-refractivity contribution in [1.29, 1.82) is 31.6 Å². The van der Waals surface area contributed by atoms with Crippen molar-refractivity contribution in [3.8, 4) is 29.8 Å². The van der Waals surface area contributed by atoms with E-state index in [1.165, 1.54) is 0 Å². The number of hydrogen-bond acceptors (Lipinski definition) is 6. The summed E-state index contributed by atoms with van der Waals surface area (Å²) in [5.41, 5.74) is 0. The van der Waals surface area contributed by atoms with Crippen LogP contribution in [0.4, 0.5) is 0 Å². The second-order valence-electron chi connectivity index (χ2n) is 1.80. The van der Waals surface area contributed by atoms with Crippen LogP contribution in [0.15, 0.2) is 0 Å². The largest absolute Gasteiger partial charge is 2.00 e. The summed E-state index contributed by atoms with van der Waals surface area (Å²) < 4.78 is 0. The third-order valence-electron chi connectivity index (χ3n) is 1.19. The van der Waals surface area contributed by atoms with E-state index in [0.29, 0.717) is 0 Å². The molecule has 0 fully saturated rings. The van der Waals surface area contributed by atoms with E-state index in [-0.39, 0.29) is 46.3 Å². The summed E-state index contributed by atoms with van der Waals surface area (Å²) in [4.78, 5) is 6.19. The van der Waals surface area contributed by atoms with Crippen LogP contribution in [0.5, 0.6) is 0 Å². The number of nitriles is 6. The topological polar surface area (TPSA) is 143 Å². The van der Waals surface area contributed by atoms with Crippen molar-refractivity contribution < 1.29 is 57.1 Å². The van der Waals surface area contributed by atoms with Gasteiger partial charge < -0.3 is 0 Å². The Morgan fingerprint density at radius 2 is 0.667 bits per heavy atom. The monoisotopic (exact) mass is 294 g/mol. The molecule has 0 rings (SSSR count). The molecule has 6 nitrogen and oxygen atoms in total. The van der Waals surface area contributed by atoms with Crippen LogP contribution in [0.2, 0.25) is 0 Å². The van der Waals surface area contributed by atoms with Crippen LogP contribution in [-0.2, 0) is 27.5 Å². The molecule has 0 aromatic heterocycles. The van der Waals surface area contributed by atoms with E-state index in [1.54, 1.807) is 0 Å². The fourth-order valence-electron chi connectivity index (χ4n) is 0.265. The molecule has 0 bridgehead atoms. The van der Waals surface area contributed by atoms with Crippen LogP contribution in [0, 0.1) is 61.4 Å². The second kappa shape index (κ2) is 4.66. The first-order valence-corrected chi connectivity index (χ1v) is 5.71. The molecule has 0 amide bonds. The Labute approximate surface area is 117 Å². The predicted octanol–water partition coefficient (Wildman–Crippen LogP) is -2.90. The molecular formula is C6CoFeN6Na-. The summed E-state index contributed by atoms with van der Waals surface area (Å²) in [6.07, 6.45) is 0. The van der Waals surface area contributed by atoms with Gasteiger partial charge in [-0.2, -0.15) is 0 Å². The van der Waals surface area contributed by atoms with E-state index in [0.717, 1.165) is 29.8 Å². The number of nitrogens with zero attached hydrogens (tertiary/aromatic N) is 6. The molecule has 0 aromatic carbocycles. The van der Waals surface area contributed by atoms with Gasteiger partial charge in [-0.25, -0.2) is 0 Å². The van der Waals surface area contributed by atoms with Gasteiger partial charge in [-0.1, -0.05) is 0 Å². The van der Waals surface area contributed by atoms with Crippen molar-refractivity contribution in [3.05, 3.63) is 0 Å². The van der Waals surface area contributed by atoms with E-state index < -0.39 is 10.7 Å². The molecule has 0 aliphatic heterocycles. The molecule has 0 spiro atoms. The molecule has 0 aliphatic carbocycles. The summed E-state index contributed by atoms with van der Waals surface area (Å²) in [7, 11) is -6.17. The molecule has 0 aromatic rings. The van der Waals surface area contributed by atoms with Gasteiger partial charge in [0.1, 0.15) is 0 Å². The summed E-state index contributed by atoms with van der Waals surface area (Å²) >= 11 is 0. The Kier molecular flexibility index (Phi) is 6.06. The van der Waals surface area contributed by atoms with Crippen molar-refractivity contribution in [2.45, 2.75) is 0 Å². The zero-order chi connectivity index (χ0) is 10.7. The average Bonchev–Trinajstić information content (AvgIpc) is 2.26. The van der Waals surface area contributed by atoms with E-state index in [4.69, 9.17) is 31.6 Å². The molecule has 1 radical (unpaired) electrons. The fraction of sp³-hybridized carbons (Fsp3) is 0. The van der Waals surface area contributed by atoms with Gasteiger partial charge in [-0.05, 0) is 0 Å². The van der Waals surface area contributed by atoms with Crippen LogP contribution >= 0.6 is 0 Å². The molecule has 9 heteroatoms. The maximum absolute atomic E-state index is 8.58. The van der Waals surface area contributed by atoms with Crippen molar-refractivity contribution in [3.63, 3.8) is 0 Å². The van der Waals surface area contributed by atoms with Gasteiger partial charge in [0, 0.05) is 0 Å². The molecule has 73 valence electrons. The normalized spacial score (nSPS) is 11.6. The van der Waals surface area contributed by atoms with Crippen LogP contribution in [0.1, 0.15) is 0 Å². The van der Waals surface area contributed by atoms with Crippen molar-refractivity contribution in [2.24, 2.45) is 0 Å². The molecule has 0 unspecified atom stereocenters. The van der Waals surface area contributed by atoms with E-state index in [2.05, 4.69) is 0 Å². The Hall–Kier alpha value is -1.03. The Morgan fingerprint density at radius 1 is 0.533 bits per heavy atom. The van der Waals surface area contributed by atoms with Gasteiger partial charge in [0.25, 0.3) is 0 Å². The maximum Gasteiger partial charge on any atom is 2.00 e. The van der Waals surface area contributed by atoms with Gasteiger partial charge >= 0.3 is 118 Å². The van der Waals surface area contributed by atoms with E-state index in [1.807, 2.05) is 0 Å². The SMILES string of the molecule is N#[C][Fe-4]([C]#N)([C]#N)([C]#N)([C]#N)[C]#N.[Co+2].[Na+]. The van der Waals surface area contributed by atoms with E-state index >= 15 is 0 Å². The zero-order valence-electron chi connectivity index (χ0n) is 7.37. The molecule has 0 saturated heterocycles. The standard InChI is InChI=1S/6CN.Co.Fe.Na/c6*1-2;;;/q;;;;;;+2;-4;+1. The molecule has 0 saturated carbocycles. The first kappa shape index (κ1) is 19.5.